The van der Waals surface area contributed by atoms with Crippen LogP contribution >= 0.6 is 0 Å². The number of hydrogen-bond donors (Lipinski definition) is 2. The largest absolute Gasteiger partial charge is 0.508 e. The van der Waals surface area contributed by atoms with Gasteiger partial charge < -0.3 is 10.4 Å². The van der Waals surface area contributed by atoms with Crippen molar-refractivity contribution in [2.75, 3.05) is 6.54 Å². The number of aromatic hydroxyl groups is 1. The van der Waals surface area contributed by atoms with Gasteiger partial charge in [-0.15, -0.1) is 0 Å². The van der Waals surface area contributed by atoms with Gasteiger partial charge in [-0.1, -0.05) is 12.2 Å². The van der Waals surface area contributed by atoms with Crippen LogP contribution in [-0.4, -0.2) is 11.7 Å². The molecule has 0 aliphatic rings. The first-order valence-corrected chi connectivity index (χ1v) is 5.03. The van der Waals surface area contributed by atoms with Crippen molar-refractivity contribution in [2.45, 2.75) is 19.9 Å². The van der Waals surface area contributed by atoms with Gasteiger partial charge in [0.15, 0.2) is 0 Å². The van der Waals surface area contributed by atoms with Gasteiger partial charge in [-0.05, 0) is 38.1 Å². The Bertz CT molecular complexity index is 336. The predicted molar refractivity (Wildman–Crippen MR) is 59.2 cm³/mol. The van der Waals surface area contributed by atoms with Crippen LogP contribution in [-0.2, 0) is 6.54 Å². The van der Waals surface area contributed by atoms with Crippen LogP contribution < -0.4 is 5.32 Å². The lowest BCUT2D eigenvalue weighted by atomic mass is 10.2. The summed E-state index contributed by atoms with van der Waals surface area (Å²) < 4.78 is 12.8. The Morgan fingerprint density at radius 1 is 1.47 bits per heavy atom. The molecule has 82 valence electrons. The summed E-state index contributed by atoms with van der Waals surface area (Å²) in [6, 6.07) is 3.97. The minimum Gasteiger partial charge on any atom is -0.508 e. The van der Waals surface area contributed by atoms with E-state index in [9.17, 15) is 9.50 Å². The fraction of sp³-hybridized carbons (Fsp3) is 0.333. The topological polar surface area (TPSA) is 32.3 Å². The molecule has 0 amide bonds. The van der Waals surface area contributed by atoms with E-state index in [1.807, 2.05) is 13.0 Å². The van der Waals surface area contributed by atoms with Crippen molar-refractivity contribution in [3.8, 4) is 5.75 Å². The number of phenolic OH excluding ortho intramolecular Hbond substituents is 1. The summed E-state index contributed by atoms with van der Waals surface area (Å²) in [5.74, 6) is -0.187. The number of benzene rings is 1. The molecule has 0 saturated heterocycles. The molecular formula is C12H16FNO. The zero-order chi connectivity index (χ0) is 11.1. The fourth-order valence-corrected chi connectivity index (χ4v) is 1.27. The van der Waals surface area contributed by atoms with Crippen LogP contribution in [0.1, 0.15) is 18.9 Å². The third kappa shape index (κ3) is 4.13. The molecule has 0 saturated carbocycles. The minimum atomic E-state index is -0.321. The summed E-state index contributed by atoms with van der Waals surface area (Å²) in [5.41, 5.74) is 0.593. The molecule has 1 aromatic rings. The summed E-state index contributed by atoms with van der Waals surface area (Å²) in [4.78, 5) is 0. The summed E-state index contributed by atoms with van der Waals surface area (Å²) in [7, 11) is 0. The first-order chi connectivity index (χ1) is 7.24. The third-order valence-electron chi connectivity index (χ3n) is 2.08. The molecule has 0 aliphatic heterocycles. The number of allylic oxidation sites excluding steroid dienone is 1. The SMILES string of the molecule is C/C=C/CCNCc1cc(F)ccc1O. The van der Waals surface area contributed by atoms with Crippen molar-refractivity contribution in [1.29, 1.82) is 0 Å². The molecule has 0 aliphatic carbocycles. The lowest BCUT2D eigenvalue weighted by Gasteiger charge is -2.05. The van der Waals surface area contributed by atoms with Gasteiger partial charge in [0.25, 0.3) is 0 Å². The summed E-state index contributed by atoms with van der Waals surface area (Å²) in [5, 5.41) is 12.5. The van der Waals surface area contributed by atoms with Crippen molar-refractivity contribution >= 4 is 0 Å². The highest BCUT2D eigenvalue weighted by Gasteiger charge is 2.01. The van der Waals surface area contributed by atoms with Crippen LogP contribution in [0.2, 0.25) is 0 Å². The molecule has 0 aromatic heterocycles. The summed E-state index contributed by atoms with van der Waals surface area (Å²) in [6.07, 6.45) is 4.98. The van der Waals surface area contributed by atoms with Gasteiger partial charge in [0.1, 0.15) is 11.6 Å². The molecule has 1 aromatic carbocycles. The van der Waals surface area contributed by atoms with Crippen LogP contribution in [0.5, 0.6) is 5.75 Å². The van der Waals surface area contributed by atoms with Gasteiger partial charge in [-0.25, -0.2) is 4.39 Å². The van der Waals surface area contributed by atoms with Crippen LogP contribution in [0.15, 0.2) is 30.4 Å². The smallest absolute Gasteiger partial charge is 0.123 e. The van der Waals surface area contributed by atoms with Crippen molar-refractivity contribution < 1.29 is 9.50 Å². The highest BCUT2D eigenvalue weighted by Crippen LogP contribution is 2.17. The van der Waals surface area contributed by atoms with E-state index in [-0.39, 0.29) is 11.6 Å². The Balaban J connectivity index is 2.40. The number of halogens is 1. The molecule has 2 N–H and O–H groups in total. The monoisotopic (exact) mass is 209 g/mol. The van der Waals surface area contributed by atoms with Gasteiger partial charge in [-0.2, -0.15) is 0 Å². The maximum Gasteiger partial charge on any atom is 0.123 e. The van der Waals surface area contributed by atoms with Crippen LogP contribution in [0.4, 0.5) is 4.39 Å². The normalized spacial score (nSPS) is 11.1. The van der Waals surface area contributed by atoms with Crippen LogP contribution in [0.25, 0.3) is 0 Å². The Kier molecular flexibility index (Phi) is 4.84. The summed E-state index contributed by atoms with van der Waals surface area (Å²) >= 11 is 0. The lowest BCUT2D eigenvalue weighted by molar-refractivity contribution is 0.462. The molecular weight excluding hydrogens is 193 g/mol. The second-order valence-electron chi connectivity index (χ2n) is 3.31. The molecule has 0 unspecified atom stereocenters. The number of rotatable bonds is 5. The molecule has 0 spiro atoms. The van der Waals surface area contributed by atoms with E-state index in [2.05, 4.69) is 11.4 Å². The van der Waals surface area contributed by atoms with Crippen LogP contribution in [0, 0.1) is 5.82 Å². The van der Waals surface area contributed by atoms with Gasteiger partial charge >= 0.3 is 0 Å². The molecule has 1 rings (SSSR count). The quantitative estimate of drug-likeness (QED) is 0.577. The Hall–Kier alpha value is -1.35. The van der Waals surface area contributed by atoms with Gasteiger partial charge in [-0.3, -0.25) is 0 Å². The van der Waals surface area contributed by atoms with Crippen molar-refractivity contribution in [3.63, 3.8) is 0 Å². The van der Waals surface area contributed by atoms with Gasteiger partial charge in [0, 0.05) is 12.1 Å². The van der Waals surface area contributed by atoms with E-state index in [1.54, 1.807) is 0 Å². The van der Waals surface area contributed by atoms with E-state index >= 15 is 0 Å². The first-order valence-electron chi connectivity index (χ1n) is 5.03. The van der Waals surface area contributed by atoms with E-state index in [1.165, 1.54) is 18.2 Å². The third-order valence-corrected chi connectivity index (χ3v) is 2.08. The lowest BCUT2D eigenvalue weighted by Crippen LogP contribution is -2.14. The average molecular weight is 209 g/mol. The molecule has 15 heavy (non-hydrogen) atoms. The molecule has 0 heterocycles. The first kappa shape index (κ1) is 11.7. The Labute approximate surface area is 89.4 Å². The zero-order valence-corrected chi connectivity index (χ0v) is 8.83. The highest BCUT2D eigenvalue weighted by atomic mass is 19.1. The second-order valence-corrected chi connectivity index (χ2v) is 3.31. The van der Waals surface area contributed by atoms with Crippen LogP contribution in [0.3, 0.4) is 0 Å². The maximum absolute atomic E-state index is 12.8. The minimum absolute atomic E-state index is 0.134. The number of nitrogens with one attached hydrogen (secondary N) is 1. The highest BCUT2D eigenvalue weighted by molar-refractivity contribution is 5.32. The van der Waals surface area contributed by atoms with E-state index in [4.69, 9.17) is 0 Å². The fourth-order valence-electron chi connectivity index (χ4n) is 1.27. The predicted octanol–water partition coefficient (Wildman–Crippen LogP) is 2.59. The van der Waals surface area contributed by atoms with E-state index in [0.717, 1.165) is 13.0 Å². The molecule has 2 nitrogen and oxygen atoms in total. The Morgan fingerprint density at radius 2 is 2.27 bits per heavy atom. The number of phenols is 1. The summed E-state index contributed by atoms with van der Waals surface area (Å²) in [6.45, 7) is 3.28. The molecule has 0 fully saturated rings. The molecule has 0 bridgehead atoms. The van der Waals surface area contributed by atoms with Gasteiger partial charge in [0.2, 0.25) is 0 Å². The van der Waals surface area contributed by atoms with Crippen molar-refractivity contribution in [3.05, 3.63) is 41.7 Å². The Morgan fingerprint density at radius 3 is 3.00 bits per heavy atom. The molecule has 0 atom stereocenters. The van der Waals surface area contributed by atoms with E-state index < -0.39 is 0 Å². The van der Waals surface area contributed by atoms with Crippen molar-refractivity contribution in [1.82, 2.24) is 5.32 Å². The standard InChI is InChI=1S/C12H16FNO/c1-2-3-4-7-14-9-10-8-11(13)5-6-12(10)15/h2-3,5-6,8,14-15H,4,7,9H2,1H3/b3-2+. The zero-order valence-electron chi connectivity index (χ0n) is 8.83. The van der Waals surface area contributed by atoms with Crippen molar-refractivity contribution in [2.24, 2.45) is 0 Å². The average Bonchev–Trinajstić information content (AvgIpc) is 2.23. The second kappa shape index (κ2) is 6.19. The van der Waals surface area contributed by atoms with Gasteiger partial charge in [0.05, 0.1) is 0 Å². The maximum atomic E-state index is 12.8. The number of hydrogen-bond acceptors (Lipinski definition) is 2. The molecule has 0 radical (unpaired) electrons. The van der Waals surface area contributed by atoms with E-state index in [0.29, 0.717) is 12.1 Å². The molecule has 3 heteroatoms.